The van der Waals surface area contributed by atoms with E-state index in [0.29, 0.717) is 10.8 Å². The zero-order chi connectivity index (χ0) is 10.8. The second-order valence-corrected chi connectivity index (χ2v) is 3.57. The molecule has 0 saturated heterocycles. The second-order valence-electron chi connectivity index (χ2n) is 3.13. The summed E-state index contributed by atoms with van der Waals surface area (Å²) in [7, 11) is 0. The van der Waals surface area contributed by atoms with Crippen molar-refractivity contribution in [1.29, 1.82) is 0 Å². The van der Waals surface area contributed by atoms with Gasteiger partial charge in [-0.1, -0.05) is 17.7 Å². The third-order valence-electron chi connectivity index (χ3n) is 2.02. The fourth-order valence-electron chi connectivity index (χ4n) is 1.23. The Labute approximate surface area is 91.8 Å². The van der Waals surface area contributed by atoms with Gasteiger partial charge in [-0.15, -0.1) is 15.0 Å². The third kappa shape index (κ3) is 1.98. The van der Waals surface area contributed by atoms with Gasteiger partial charge in [0.15, 0.2) is 5.82 Å². The summed E-state index contributed by atoms with van der Waals surface area (Å²) in [6.07, 6.45) is 0. The Hall–Kier alpha value is -1.46. The van der Waals surface area contributed by atoms with E-state index >= 15 is 0 Å². The molecule has 15 heavy (non-hydrogen) atoms. The minimum Gasteiger partial charge on any atom is -0.324 e. The molecule has 6 heteroatoms. The number of rotatable bonds is 2. The Morgan fingerprint density at radius 3 is 2.93 bits per heavy atom. The van der Waals surface area contributed by atoms with E-state index < -0.39 is 0 Å². The number of benzene rings is 1. The summed E-state index contributed by atoms with van der Waals surface area (Å²) in [5.74, 6) is 0.509. The molecule has 2 aromatic rings. The highest BCUT2D eigenvalue weighted by Crippen LogP contribution is 2.17. The quantitative estimate of drug-likeness (QED) is 0.827. The van der Waals surface area contributed by atoms with Crippen LogP contribution in [0.3, 0.4) is 0 Å². The lowest BCUT2D eigenvalue weighted by Gasteiger charge is -2.03. The van der Waals surface area contributed by atoms with Gasteiger partial charge in [0.25, 0.3) is 0 Å². The van der Waals surface area contributed by atoms with E-state index in [1.54, 1.807) is 6.07 Å². The van der Waals surface area contributed by atoms with Gasteiger partial charge < -0.3 is 5.73 Å². The van der Waals surface area contributed by atoms with Crippen LogP contribution in [0.1, 0.15) is 11.4 Å². The molecule has 0 atom stereocenters. The van der Waals surface area contributed by atoms with Crippen LogP contribution in [-0.4, -0.2) is 20.2 Å². The van der Waals surface area contributed by atoms with Gasteiger partial charge in [-0.2, -0.15) is 0 Å². The lowest BCUT2D eigenvalue weighted by molar-refractivity contribution is 0.713. The number of tetrazole rings is 1. The third-order valence-corrected chi connectivity index (χ3v) is 2.26. The van der Waals surface area contributed by atoms with Gasteiger partial charge in [0.2, 0.25) is 0 Å². The van der Waals surface area contributed by atoms with Gasteiger partial charge in [0, 0.05) is 5.02 Å². The van der Waals surface area contributed by atoms with Crippen molar-refractivity contribution in [2.45, 2.75) is 13.5 Å². The zero-order valence-electron chi connectivity index (χ0n) is 8.18. The van der Waals surface area contributed by atoms with E-state index in [1.807, 2.05) is 19.1 Å². The van der Waals surface area contributed by atoms with Crippen molar-refractivity contribution in [2.24, 2.45) is 5.73 Å². The number of aromatic nitrogens is 4. The lowest BCUT2D eigenvalue weighted by atomic mass is 10.2. The number of halogens is 1. The molecule has 2 rings (SSSR count). The normalized spacial score (nSPS) is 10.6. The van der Waals surface area contributed by atoms with Gasteiger partial charge in [-0.3, -0.25) is 0 Å². The molecule has 1 aromatic heterocycles. The molecule has 0 aliphatic heterocycles. The van der Waals surface area contributed by atoms with Gasteiger partial charge >= 0.3 is 0 Å². The van der Waals surface area contributed by atoms with Crippen molar-refractivity contribution in [3.8, 4) is 5.69 Å². The van der Waals surface area contributed by atoms with E-state index in [2.05, 4.69) is 15.4 Å². The molecule has 0 amide bonds. The maximum Gasteiger partial charge on any atom is 0.188 e. The Balaban J connectivity index is 2.48. The van der Waals surface area contributed by atoms with Crippen LogP contribution in [0, 0.1) is 6.92 Å². The molecule has 0 bridgehead atoms. The summed E-state index contributed by atoms with van der Waals surface area (Å²) in [6.45, 7) is 2.23. The fourth-order valence-corrected chi connectivity index (χ4v) is 1.39. The van der Waals surface area contributed by atoms with Gasteiger partial charge in [0.1, 0.15) is 0 Å². The van der Waals surface area contributed by atoms with E-state index in [0.717, 1.165) is 11.3 Å². The molecular weight excluding hydrogens is 214 g/mol. The van der Waals surface area contributed by atoms with Gasteiger partial charge in [-0.05, 0) is 29.8 Å². The number of hydrogen-bond donors (Lipinski definition) is 1. The Kier molecular flexibility index (Phi) is 2.66. The first-order valence-corrected chi connectivity index (χ1v) is 4.84. The standard InChI is InChI=1S/C9H10ClN5/c1-6-2-3-7(10)4-8(6)15-13-9(5-11)12-14-15/h2-4H,5,11H2,1H3. The first-order chi connectivity index (χ1) is 7.20. The monoisotopic (exact) mass is 223 g/mol. The predicted molar refractivity (Wildman–Crippen MR) is 56.8 cm³/mol. The SMILES string of the molecule is Cc1ccc(Cl)cc1-n1nnc(CN)n1. The number of aryl methyl sites for hydroxylation is 1. The van der Waals surface area contributed by atoms with Crippen molar-refractivity contribution in [3.63, 3.8) is 0 Å². The molecule has 5 nitrogen and oxygen atoms in total. The maximum atomic E-state index is 5.89. The van der Waals surface area contributed by atoms with Crippen LogP contribution < -0.4 is 5.73 Å². The van der Waals surface area contributed by atoms with E-state index in [-0.39, 0.29) is 6.54 Å². The Morgan fingerprint density at radius 2 is 2.27 bits per heavy atom. The molecule has 1 heterocycles. The summed E-state index contributed by atoms with van der Waals surface area (Å²) < 4.78 is 0. The van der Waals surface area contributed by atoms with Crippen LogP contribution in [0.15, 0.2) is 18.2 Å². The van der Waals surface area contributed by atoms with Crippen LogP contribution >= 0.6 is 11.6 Å². The molecule has 0 aliphatic rings. The largest absolute Gasteiger partial charge is 0.324 e. The molecule has 0 aliphatic carbocycles. The molecule has 1 aromatic carbocycles. The fraction of sp³-hybridized carbons (Fsp3) is 0.222. The second kappa shape index (κ2) is 3.96. The molecule has 0 saturated carbocycles. The van der Waals surface area contributed by atoms with Crippen LogP contribution in [0.5, 0.6) is 0 Å². The highest BCUT2D eigenvalue weighted by atomic mass is 35.5. The molecule has 0 spiro atoms. The van der Waals surface area contributed by atoms with Crippen molar-refractivity contribution in [3.05, 3.63) is 34.6 Å². The van der Waals surface area contributed by atoms with Crippen molar-refractivity contribution in [1.82, 2.24) is 20.2 Å². The van der Waals surface area contributed by atoms with E-state index in [4.69, 9.17) is 17.3 Å². The van der Waals surface area contributed by atoms with E-state index in [9.17, 15) is 0 Å². The smallest absolute Gasteiger partial charge is 0.188 e. The van der Waals surface area contributed by atoms with Crippen LogP contribution in [0.25, 0.3) is 5.69 Å². The van der Waals surface area contributed by atoms with Crippen LogP contribution in [0.2, 0.25) is 5.02 Å². The summed E-state index contributed by atoms with van der Waals surface area (Å²) >= 11 is 5.89. The molecule has 0 radical (unpaired) electrons. The van der Waals surface area contributed by atoms with Gasteiger partial charge in [-0.25, -0.2) is 0 Å². The van der Waals surface area contributed by atoms with Crippen LogP contribution in [-0.2, 0) is 6.54 Å². The van der Waals surface area contributed by atoms with E-state index in [1.165, 1.54) is 4.80 Å². The molecule has 78 valence electrons. The highest BCUT2D eigenvalue weighted by molar-refractivity contribution is 6.30. The minimum absolute atomic E-state index is 0.277. The highest BCUT2D eigenvalue weighted by Gasteiger charge is 2.06. The topological polar surface area (TPSA) is 69.6 Å². The average Bonchev–Trinajstić information content (AvgIpc) is 2.70. The predicted octanol–water partition coefficient (Wildman–Crippen LogP) is 1.08. The summed E-state index contributed by atoms with van der Waals surface area (Å²) in [5.41, 5.74) is 7.25. The Morgan fingerprint density at radius 1 is 1.47 bits per heavy atom. The number of nitrogens with zero attached hydrogens (tertiary/aromatic N) is 4. The Bertz CT molecular complexity index is 479. The first-order valence-electron chi connectivity index (χ1n) is 4.46. The number of hydrogen-bond acceptors (Lipinski definition) is 4. The molecule has 0 unspecified atom stereocenters. The van der Waals surface area contributed by atoms with Crippen LogP contribution in [0.4, 0.5) is 0 Å². The molecular formula is C9H10ClN5. The summed E-state index contributed by atoms with van der Waals surface area (Å²) in [6, 6.07) is 5.52. The van der Waals surface area contributed by atoms with Crippen molar-refractivity contribution < 1.29 is 0 Å². The van der Waals surface area contributed by atoms with Gasteiger partial charge in [0.05, 0.1) is 12.2 Å². The minimum atomic E-state index is 0.277. The molecule has 2 N–H and O–H groups in total. The average molecular weight is 224 g/mol. The summed E-state index contributed by atoms with van der Waals surface area (Å²) in [4.78, 5) is 1.43. The van der Waals surface area contributed by atoms with Crippen molar-refractivity contribution >= 4 is 11.6 Å². The summed E-state index contributed by atoms with van der Waals surface area (Å²) in [5, 5.41) is 12.4. The van der Waals surface area contributed by atoms with Crippen molar-refractivity contribution in [2.75, 3.05) is 0 Å². The lowest BCUT2D eigenvalue weighted by Crippen LogP contribution is -2.03. The molecule has 0 fully saturated rings. The number of nitrogens with two attached hydrogens (primary N) is 1. The first kappa shape index (κ1) is 10.1. The zero-order valence-corrected chi connectivity index (χ0v) is 8.94. The maximum absolute atomic E-state index is 5.89.